The van der Waals surface area contributed by atoms with E-state index in [2.05, 4.69) is 24.1 Å². The molecule has 3 nitrogen and oxygen atoms in total. The Morgan fingerprint density at radius 3 is 2.53 bits per heavy atom. The van der Waals surface area contributed by atoms with Crippen molar-refractivity contribution in [1.82, 2.24) is 10.2 Å². The van der Waals surface area contributed by atoms with E-state index >= 15 is 0 Å². The van der Waals surface area contributed by atoms with Crippen LogP contribution in [0.2, 0.25) is 0 Å². The molecule has 3 saturated heterocycles. The highest BCUT2D eigenvalue weighted by Gasteiger charge is 2.36. The van der Waals surface area contributed by atoms with Gasteiger partial charge in [0.2, 0.25) is 0 Å². The SMILES string of the molecule is CCC1(CC)CN=C(NC2CN3CCC2CC3)SC1. The number of thioether (sulfide) groups is 1. The van der Waals surface area contributed by atoms with Gasteiger partial charge in [0.15, 0.2) is 5.17 Å². The molecule has 0 aliphatic carbocycles. The minimum Gasteiger partial charge on any atom is -0.361 e. The zero-order valence-electron chi connectivity index (χ0n) is 12.3. The average Bonchev–Trinajstić information content (AvgIpc) is 2.50. The number of nitrogens with one attached hydrogen (secondary N) is 1. The Morgan fingerprint density at radius 2 is 2.05 bits per heavy atom. The van der Waals surface area contributed by atoms with Gasteiger partial charge >= 0.3 is 0 Å². The molecule has 4 rings (SSSR count). The number of hydrogen-bond donors (Lipinski definition) is 1. The highest BCUT2D eigenvalue weighted by atomic mass is 32.2. The fourth-order valence-electron chi connectivity index (χ4n) is 3.60. The smallest absolute Gasteiger partial charge is 0.156 e. The van der Waals surface area contributed by atoms with Gasteiger partial charge in [0.1, 0.15) is 0 Å². The summed E-state index contributed by atoms with van der Waals surface area (Å²) in [5.74, 6) is 2.13. The van der Waals surface area contributed by atoms with Crippen LogP contribution in [-0.2, 0) is 0 Å². The van der Waals surface area contributed by atoms with Gasteiger partial charge in [-0.05, 0) is 50.1 Å². The molecule has 1 N–H and O–H groups in total. The van der Waals surface area contributed by atoms with E-state index in [0.29, 0.717) is 11.5 Å². The Labute approximate surface area is 121 Å². The van der Waals surface area contributed by atoms with Gasteiger partial charge in [-0.3, -0.25) is 4.99 Å². The maximum Gasteiger partial charge on any atom is 0.156 e. The van der Waals surface area contributed by atoms with E-state index in [-0.39, 0.29) is 0 Å². The van der Waals surface area contributed by atoms with Crippen molar-refractivity contribution >= 4 is 16.9 Å². The van der Waals surface area contributed by atoms with Gasteiger partial charge in [0.05, 0.1) is 0 Å². The summed E-state index contributed by atoms with van der Waals surface area (Å²) in [4.78, 5) is 7.46. The molecule has 2 bridgehead atoms. The lowest BCUT2D eigenvalue weighted by molar-refractivity contribution is 0.0815. The molecular weight excluding hydrogens is 254 g/mol. The zero-order valence-corrected chi connectivity index (χ0v) is 13.1. The first-order chi connectivity index (χ1) is 9.24. The normalized spacial score (nSPS) is 36.9. The largest absolute Gasteiger partial charge is 0.361 e. The fraction of sp³-hybridized carbons (Fsp3) is 0.933. The predicted octanol–water partition coefficient (Wildman–Crippen LogP) is 2.58. The summed E-state index contributed by atoms with van der Waals surface area (Å²) in [7, 11) is 0. The van der Waals surface area contributed by atoms with Crippen LogP contribution >= 0.6 is 11.8 Å². The molecule has 19 heavy (non-hydrogen) atoms. The van der Waals surface area contributed by atoms with Gasteiger partial charge in [0.25, 0.3) is 0 Å². The van der Waals surface area contributed by atoms with E-state index in [1.54, 1.807) is 0 Å². The minimum absolute atomic E-state index is 0.463. The Bertz CT molecular complexity index is 343. The van der Waals surface area contributed by atoms with E-state index in [4.69, 9.17) is 4.99 Å². The number of aliphatic imine (C=N–C) groups is 1. The summed E-state index contributed by atoms with van der Waals surface area (Å²) < 4.78 is 0. The van der Waals surface area contributed by atoms with Crippen molar-refractivity contribution in [1.29, 1.82) is 0 Å². The second kappa shape index (κ2) is 5.65. The van der Waals surface area contributed by atoms with Crippen LogP contribution in [0.15, 0.2) is 4.99 Å². The van der Waals surface area contributed by atoms with E-state index in [1.807, 2.05) is 11.8 Å². The summed E-state index contributed by atoms with van der Waals surface area (Å²) in [6.07, 6.45) is 5.27. The molecule has 0 radical (unpaired) electrons. The first-order valence-corrected chi connectivity index (χ1v) is 8.89. The average molecular weight is 281 g/mol. The summed E-state index contributed by atoms with van der Waals surface area (Å²) in [6, 6.07) is 0.657. The van der Waals surface area contributed by atoms with Gasteiger partial charge in [-0.15, -0.1) is 0 Å². The Kier molecular flexibility index (Phi) is 4.08. The molecule has 1 atom stereocenters. The van der Waals surface area contributed by atoms with Gasteiger partial charge in [-0.1, -0.05) is 25.6 Å². The molecule has 0 amide bonds. The highest BCUT2D eigenvalue weighted by Crippen LogP contribution is 2.35. The van der Waals surface area contributed by atoms with E-state index < -0.39 is 0 Å². The lowest BCUT2D eigenvalue weighted by Crippen LogP contribution is -2.57. The van der Waals surface area contributed by atoms with E-state index in [1.165, 1.54) is 56.2 Å². The molecule has 4 heterocycles. The quantitative estimate of drug-likeness (QED) is 0.861. The third kappa shape index (κ3) is 2.80. The van der Waals surface area contributed by atoms with E-state index in [0.717, 1.165) is 12.5 Å². The Morgan fingerprint density at radius 1 is 1.32 bits per heavy atom. The molecule has 4 heteroatoms. The number of fused-ring (bicyclic) bond motifs is 3. The second-order valence-corrected chi connectivity index (χ2v) is 7.47. The summed E-state index contributed by atoms with van der Waals surface area (Å²) in [6.45, 7) is 9.51. The van der Waals surface area contributed by atoms with Crippen molar-refractivity contribution < 1.29 is 0 Å². The summed E-state index contributed by atoms with van der Waals surface area (Å²) in [5.41, 5.74) is 0.463. The number of amidine groups is 1. The zero-order chi connectivity index (χ0) is 13.3. The van der Waals surface area contributed by atoms with E-state index in [9.17, 15) is 0 Å². The van der Waals surface area contributed by atoms with Crippen LogP contribution in [0.3, 0.4) is 0 Å². The molecule has 4 aliphatic heterocycles. The number of rotatable bonds is 3. The monoisotopic (exact) mass is 281 g/mol. The van der Waals surface area contributed by atoms with Crippen molar-refractivity contribution in [3.8, 4) is 0 Å². The predicted molar refractivity (Wildman–Crippen MR) is 83.9 cm³/mol. The maximum atomic E-state index is 4.85. The van der Waals surface area contributed by atoms with Crippen LogP contribution in [0.5, 0.6) is 0 Å². The third-order valence-corrected chi connectivity index (χ3v) is 6.82. The van der Waals surface area contributed by atoms with Crippen molar-refractivity contribution in [2.45, 2.75) is 45.6 Å². The Hall–Kier alpha value is -0.220. The molecule has 4 aliphatic rings. The van der Waals surface area contributed by atoms with Crippen molar-refractivity contribution in [2.75, 3.05) is 31.9 Å². The van der Waals surface area contributed by atoms with Gasteiger partial charge in [-0.25, -0.2) is 0 Å². The van der Waals surface area contributed by atoms with Gasteiger partial charge in [0, 0.05) is 24.9 Å². The van der Waals surface area contributed by atoms with Crippen molar-refractivity contribution in [3.05, 3.63) is 0 Å². The van der Waals surface area contributed by atoms with Crippen LogP contribution in [0, 0.1) is 11.3 Å². The molecule has 1 unspecified atom stereocenters. The number of hydrogen-bond acceptors (Lipinski definition) is 4. The summed E-state index contributed by atoms with van der Waals surface area (Å²) in [5, 5.41) is 4.97. The molecule has 0 saturated carbocycles. The molecule has 0 spiro atoms. The molecule has 0 aromatic rings. The lowest BCUT2D eigenvalue weighted by Gasteiger charge is -2.45. The fourth-order valence-corrected chi connectivity index (χ4v) is 4.94. The minimum atomic E-state index is 0.463. The second-order valence-electron chi connectivity index (χ2n) is 6.51. The highest BCUT2D eigenvalue weighted by molar-refractivity contribution is 8.13. The third-order valence-electron chi connectivity index (χ3n) is 5.54. The lowest BCUT2D eigenvalue weighted by atomic mass is 9.84. The first-order valence-electron chi connectivity index (χ1n) is 7.91. The topological polar surface area (TPSA) is 27.6 Å². The van der Waals surface area contributed by atoms with Gasteiger partial charge in [-0.2, -0.15) is 0 Å². The molecule has 0 aromatic carbocycles. The van der Waals surface area contributed by atoms with Crippen LogP contribution < -0.4 is 5.32 Å². The van der Waals surface area contributed by atoms with Crippen molar-refractivity contribution in [3.63, 3.8) is 0 Å². The van der Waals surface area contributed by atoms with Crippen molar-refractivity contribution in [2.24, 2.45) is 16.3 Å². The Balaban J connectivity index is 1.58. The first kappa shape index (κ1) is 13.7. The molecule has 0 aromatic heterocycles. The number of piperidine rings is 3. The van der Waals surface area contributed by atoms with Crippen LogP contribution in [0.1, 0.15) is 39.5 Å². The summed E-state index contributed by atoms with van der Waals surface area (Å²) >= 11 is 1.96. The number of nitrogens with zero attached hydrogens (tertiary/aromatic N) is 2. The standard InChI is InChI=1S/C15H27N3S/c1-3-15(4-2)10-16-14(19-11-15)17-13-9-18-7-5-12(13)6-8-18/h12-13H,3-11H2,1-2H3,(H,16,17). The molecule has 3 fully saturated rings. The van der Waals surface area contributed by atoms with Crippen LogP contribution in [0.4, 0.5) is 0 Å². The van der Waals surface area contributed by atoms with Gasteiger partial charge < -0.3 is 10.2 Å². The van der Waals surface area contributed by atoms with Crippen LogP contribution in [-0.4, -0.2) is 48.0 Å². The van der Waals surface area contributed by atoms with Crippen LogP contribution in [0.25, 0.3) is 0 Å². The molecule has 108 valence electrons. The maximum absolute atomic E-state index is 4.85. The molecular formula is C15H27N3S.